The number of halogens is 2. The van der Waals surface area contributed by atoms with E-state index >= 15 is 0 Å². The lowest BCUT2D eigenvalue weighted by molar-refractivity contribution is -0.122. The molecule has 0 unspecified atom stereocenters. The number of aryl methyl sites for hydroxylation is 2. The molecule has 0 bridgehead atoms. The molecular formula is C23H22Br2N2O3. The van der Waals surface area contributed by atoms with Gasteiger partial charge in [0.2, 0.25) is 11.8 Å². The minimum absolute atomic E-state index is 0.158. The van der Waals surface area contributed by atoms with Crippen LogP contribution in [-0.2, 0) is 9.59 Å². The van der Waals surface area contributed by atoms with E-state index in [9.17, 15) is 14.4 Å². The van der Waals surface area contributed by atoms with Gasteiger partial charge in [0.15, 0.2) is 0 Å². The van der Waals surface area contributed by atoms with E-state index in [4.69, 9.17) is 0 Å². The summed E-state index contributed by atoms with van der Waals surface area (Å²) in [4.78, 5) is 40.4. The van der Waals surface area contributed by atoms with Crippen LogP contribution in [0.5, 0.6) is 0 Å². The smallest absolute Gasteiger partial charge is 0.255 e. The van der Waals surface area contributed by atoms with Gasteiger partial charge in [0, 0.05) is 20.9 Å². The van der Waals surface area contributed by atoms with Crippen LogP contribution in [0.15, 0.2) is 42.5 Å². The molecule has 1 heterocycles. The summed E-state index contributed by atoms with van der Waals surface area (Å²) >= 11 is 7.21. The maximum Gasteiger partial charge on any atom is 0.255 e. The number of hydrogen-bond donors (Lipinski definition) is 1. The van der Waals surface area contributed by atoms with Gasteiger partial charge in [-0.25, -0.2) is 0 Å². The molecule has 2 aliphatic rings. The number of fused-ring (bicyclic) bond motifs is 1. The molecular weight excluding hydrogens is 512 g/mol. The van der Waals surface area contributed by atoms with E-state index in [1.807, 2.05) is 32.0 Å². The Morgan fingerprint density at radius 1 is 0.933 bits per heavy atom. The second-order valence-corrected chi connectivity index (χ2v) is 10.4. The van der Waals surface area contributed by atoms with Crippen molar-refractivity contribution in [3.8, 4) is 0 Å². The second kappa shape index (κ2) is 8.27. The molecule has 1 aliphatic carbocycles. The van der Waals surface area contributed by atoms with Crippen molar-refractivity contribution >= 4 is 61.0 Å². The maximum atomic E-state index is 13.0. The molecule has 2 aromatic rings. The van der Waals surface area contributed by atoms with Gasteiger partial charge in [0.25, 0.3) is 5.91 Å². The fourth-order valence-corrected chi connectivity index (χ4v) is 5.40. The maximum absolute atomic E-state index is 13.0. The van der Waals surface area contributed by atoms with Crippen molar-refractivity contribution in [3.63, 3.8) is 0 Å². The molecule has 1 saturated heterocycles. The van der Waals surface area contributed by atoms with Crippen molar-refractivity contribution in [2.75, 3.05) is 10.2 Å². The number of carbonyl (C=O) groups excluding carboxylic acids is 3. The van der Waals surface area contributed by atoms with Crippen molar-refractivity contribution in [2.24, 2.45) is 11.8 Å². The van der Waals surface area contributed by atoms with Crippen molar-refractivity contribution in [1.82, 2.24) is 0 Å². The van der Waals surface area contributed by atoms with Crippen LogP contribution >= 0.6 is 31.9 Å². The van der Waals surface area contributed by atoms with Crippen LogP contribution in [0, 0.1) is 25.7 Å². The molecule has 3 amide bonds. The fraction of sp³-hybridized carbons (Fsp3) is 0.348. The van der Waals surface area contributed by atoms with E-state index in [2.05, 4.69) is 37.2 Å². The van der Waals surface area contributed by atoms with E-state index in [1.165, 1.54) is 4.90 Å². The highest BCUT2D eigenvalue weighted by Crippen LogP contribution is 2.44. The molecule has 2 aromatic carbocycles. The van der Waals surface area contributed by atoms with Gasteiger partial charge in [-0.3, -0.25) is 19.3 Å². The molecule has 1 N–H and O–H groups in total. The van der Waals surface area contributed by atoms with E-state index in [0.29, 0.717) is 29.8 Å². The molecule has 5 nitrogen and oxygen atoms in total. The Kier molecular flexibility index (Phi) is 5.86. The zero-order chi connectivity index (χ0) is 21.6. The molecule has 0 spiro atoms. The van der Waals surface area contributed by atoms with E-state index < -0.39 is 0 Å². The predicted octanol–water partition coefficient (Wildman–Crippen LogP) is 4.98. The monoisotopic (exact) mass is 532 g/mol. The molecule has 2 fully saturated rings. The van der Waals surface area contributed by atoms with Crippen LogP contribution in [0.4, 0.5) is 11.4 Å². The summed E-state index contributed by atoms with van der Waals surface area (Å²) < 4.78 is 0. The van der Waals surface area contributed by atoms with Gasteiger partial charge in [-0.05, 0) is 68.1 Å². The lowest BCUT2D eigenvalue weighted by atomic mass is 9.81. The van der Waals surface area contributed by atoms with Gasteiger partial charge in [0.05, 0.1) is 17.5 Å². The average molecular weight is 534 g/mol. The SMILES string of the molecule is Cc1ccc(NC(=O)c2cccc(N3C(=O)[C@H]4C[C@@H](Br)[C@@H](Br)C[C@H]4C3=O)c2)cc1C. The van der Waals surface area contributed by atoms with Gasteiger partial charge in [-0.15, -0.1) is 0 Å². The van der Waals surface area contributed by atoms with Crippen LogP contribution < -0.4 is 10.2 Å². The molecule has 7 heteroatoms. The molecule has 30 heavy (non-hydrogen) atoms. The highest BCUT2D eigenvalue weighted by molar-refractivity contribution is 9.12. The highest BCUT2D eigenvalue weighted by atomic mass is 79.9. The van der Waals surface area contributed by atoms with Gasteiger partial charge >= 0.3 is 0 Å². The number of nitrogens with one attached hydrogen (secondary N) is 1. The van der Waals surface area contributed by atoms with Crippen LogP contribution in [0.3, 0.4) is 0 Å². The number of imide groups is 1. The van der Waals surface area contributed by atoms with E-state index in [-0.39, 0.29) is 39.2 Å². The van der Waals surface area contributed by atoms with E-state index in [0.717, 1.165) is 11.1 Å². The van der Waals surface area contributed by atoms with Crippen molar-refractivity contribution in [1.29, 1.82) is 0 Å². The molecule has 1 saturated carbocycles. The predicted molar refractivity (Wildman–Crippen MR) is 124 cm³/mol. The Balaban J connectivity index is 1.57. The first-order chi connectivity index (χ1) is 14.3. The first-order valence-electron chi connectivity index (χ1n) is 9.91. The Labute approximate surface area is 192 Å². The molecule has 156 valence electrons. The minimum atomic E-state index is -0.316. The molecule has 4 atom stereocenters. The van der Waals surface area contributed by atoms with Crippen molar-refractivity contribution in [3.05, 3.63) is 59.2 Å². The van der Waals surface area contributed by atoms with Crippen LogP contribution in [0.1, 0.15) is 34.3 Å². The van der Waals surface area contributed by atoms with Crippen LogP contribution in [0.2, 0.25) is 0 Å². The Bertz CT molecular complexity index is 1010. The van der Waals surface area contributed by atoms with Gasteiger partial charge in [-0.2, -0.15) is 0 Å². The third-order valence-electron chi connectivity index (χ3n) is 6.04. The number of rotatable bonds is 3. The van der Waals surface area contributed by atoms with Crippen molar-refractivity contribution in [2.45, 2.75) is 36.3 Å². The third kappa shape index (κ3) is 3.85. The lowest BCUT2D eigenvalue weighted by Gasteiger charge is -2.29. The number of alkyl halides is 2. The fourth-order valence-electron chi connectivity index (χ4n) is 4.16. The standard InChI is InChI=1S/C23H22Br2N2O3/c1-12-6-7-15(8-13(12)2)26-21(28)14-4-3-5-16(9-14)27-22(29)17-10-19(24)20(25)11-18(17)23(27)30/h3-9,17-20H,10-11H2,1-2H3,(H,26,28)/t17-,18+,19+,20-. The third-order valence-corrected chi connectivity index (χ3v) is 8.78. The van der Waals surface area contributed by atoms with Gasteiger partial charge in [-0.1, -0.05) is 44.0 Å². The van der Waals surface area contributed by atoms with Crippen molar-refractivity contribution < 1.29 is 14.4 Å². The van der Waals surface area contributed by atoms with Gasteiger partial charge < -0.3 is 5.32 Å². The number of benzene rings is 2. The summed E-state index contributed by atoms with van der Waals surface area (Å²) in [6.45, 7) is 4.01. The topological polar surface area (TPSA) is 66.5 Å². The first kappa shape index (κ1) is 21.2. The largest absolute Gasteiger partial charge is 0.322 e. The lowest BCUT2D eigenvalue weighted by Crippen LogP contribution is -2.34. The molecule has 4 rings (SSSR count). The summed E-state index contributed by atoms with van der Waals surface area (Å²) in [6, 6.07) is 12.4. The average Bonchev–Trinajstić information content (AvgIpc) is 2.95. The summed E-state index contributed by atoms with van der Waals surface area (Å²) in [5.74, 6) is -1.27. The number of hydrogen-bond acceptors (Lipinski definition) is 3. The zero-order valence-corrected chi connectivity index (χ0v) is 19.9. The Morgan fingerprint density at radius 3 is 2.17 bits per heavy atom. The number of anilines is 2. The number of nitrogens with zero attached hydrogens (tertiary/aromatic N) is 1. The Hall–Kier alpha value is -1.99. The molecule has 1 aliphatic heterocycles. The normalized spacial score (nSPS) is 25.9. The number of carbonyl (C=O) groups is 3. The van der Waals surface area contributed by atoms with Gasteiger partial charge in [0.1, 0.15) is 0 Å². The summed E-state index contributed by atoms with van der Waals surface area (Å²) in [5.41, 5.74) is 3.80. The second-order valence-electron chi connectivity index (χ2n) is 8.03. The Morgan fingerprint density at radius 2 is 1.57 bits per heavy atom. The summed E-state index contributed by atoms with van der Waals surface area (Å²) in [6.07, 6.45) is 1.24. The minimum Gasteiger partial charge on any atom is -0.322 e. The summed E-state index contributed by atoms with van der Waals surface area (Å²) in [7, 11) is 0. The first-order valence-corrected chi connectivity index (χ1v) is 11.7. The zero-order valence-electron chi connectivity index (χ0n) is 16.7. The molecule has 0 radical (unpaired) electrons. The van der Waals surface area contributed by atoms with Crippen LogP contribution in [0.25, 0.3) is 0 Å². The molecule has 0 aromatic heterocycles. The van der Waals surface area contributed by atoms with Crippen LogP contribution in [-0.4, -0.2) is 27.4 Å². The highest BCUT2D eigenvalue weighted by Gasteiger charge is 2.52. The number of amides is 3. The quantitative estimate of drug-likeness (QED) is 0.447. The van der Waals surface area contributed by atoms with E-state index in [1.54, 1.807) is 24.3 Å². The summed E-state index contributed by atoms with van der Waals surface area (Å²) in [5, 5.41) is 2.89.